The number of para-hydroxylation sites is 2. The van der Waals surface area contributed by atoms with Crippen molar-refractivity contribution in [2.24, 2.45) is 0 Å². The zero-order valence-corrected chi connectivity index (χ0v) is 36.9. The number of hydrogen-bond acceptors (Lipinski definition) is 2. The fraction of sp³-hybridized carbons (Fsp3) is 0.0909. The number of aromatic nitrogens is 2. The van der Waals surface area contributed by atoms with Crippen LogP contribution < -0.4 is 0 Å². The molecule has 2 aromatic heterocycles. The minimum absolute atomic E-state index is 0.00756. The van der Waals surface area contributed by atoms with Gasteiger partial charge in [-0.05, 0) is 95.1 Å². The molecule has 0 N–H and O–H groups in total. The van der Waals surface area contributed by atoms with Gasteiger partial charge in [-0.1, -0.05) is 78.9 Å². The average Bonchev–Trinajstić information content (AvgIpc) is 3.86. The van der Waals surface area contributed by atoms with Crippen molar-refractivity contribution >= 4 is 43.6 Å². The molecule has 0 amide bonds. The number of fused-ring (bicyclic) bond motifs is 6. The van der Waals surface area contributed by atoms with Crippen molar-refractivity contribution in [3.05, 3.63) is 191 Å². The third-order valence-electron chi connectivity index (χ3n) is 12.7. The van der Waals surface area contributed by atoms with Crippen LogP contribution in [0.1, 0.15) is 38.9 Å². The van der Waals surface area contributed by atoms with Crippen molar-refractivity contribution in [2.45, 2.75) is 30.9 Å². The topological polar surface area (TPSA) is 57.4 Å². The predicted molar refractivity (Wildman–Crippen MR) is 246 cm³/mol. The predicted octanol–water partition coefficient (Wildman–Crippen LogP) is 17.7. The Kier molecular flexibility index (Phi) is 11.2. The van der Waals surface area contributed by atoms with E-state index in [1.807, 2.05) is 6.07 Å². The van der Waals surface area contributed by atoms with E-state index in [4.69, 9.17) is 0 Å². The van der Waals surface area contributed by atoms with Gasteiger partial charge in [0.25, 0.3) is 0 Å². The SMILES string of the molecule is N#Cc1cc(C(F)(F)F)ccc1-c1cc(-n2c3ccccc3c3ccc(-c4ccc(C(F)(F)F)cc4C(F)(F)F)cc32)c(-n2c3ccccc3c3ccc(-c4ccc(C(F)(F)F)cc4C(F)(F)F)cc32)cc1C#N. The molecule has 74 heavy (non-hydrogen) atoms. The van der Waals surface area contributed by atoms with Gasteiger partial charge >= 0.3 is 30.9 Å². The number of halogens is 15. The van der Waals surface area contributed by atoms with Crippen molar-refractivity contribution in [2.75, 3.05) is 0 Å². The van der Waals surface area contributed by atoms with Gasteiger partial charge in [-0.2, -0.15) is 76.4 Å². The number of benzene rings is 8. The van der Waals surface area contributed by atoms with Crippen molar-refractivity contribution in [3.8, 4) is 56.9 Å². The van der Waals surface area contributed by atoms with Gasteiger partial charge in [-0.15, -0.1) is 0 Å². The Morgan fingerprint density at radius 3 is 1.08 bits per heavy atom. The third-order valence-corrected chi connectivity index (χ3v) is 12.7. The fourth-order valence-corrected chi connectivity index (χ4v) is 9.51. The molecule has 0 radical (unpaired) electrons. The van der Waals surface area contributed by atoms with Crippen LogP contribution in [-0.2, 0) is 30.9 Å². The molecular formula is C55H25F15N4. The Balaban J connectivity index is 1.35. The van der Waals surface area contributed by atoms with E-state index in [0.717, 1.165) is 6.07 Å². The third kappa shape index (κ3) is 8.27. The lowest BCUT2D eigenvalue weighted by Crippen LogP contribution is -2.12. The summed E-state index contributed by atoms with van der Waals surface area (Å²) in [6, 6.07) is 31.9. The zero-order valence-electron chi connectivity index (χ0n) is 36.9. The van der Waals surface area contributed by atoms with E-state index >= 15 is 0 Å². The van der Waals surface area contributed by atoms with Gasteiger partial charge in [-0.25, -0.2) is 0 Å². The molecule has 370 valence electrons. The summed E-state index contributed by atoms with van der Waals surface area (Å²) in [5.74, 6) is 0. The van der Waals surface area contributed by atoms with Crippen LogP contribution in [0.4, 0.5) is 65.9 Å². The lowest BCUT2D eigenvalue weighted by molar-refractivity contribution is -0.144. The van der Waals surface area contributed by atoms with E-state index in [0.29, 0.717) is 69.0 Å². The maximum Gasteiger partial charge on any atom is 0.417 e. The first-order chi connectivity index (χ1) is 34.8. The Hall–Kier alpha value is -8.71. The molecule has 0 unspecified atom stereocenters. The van der Waals surface area contributed by atoms with E-state index in [2.05, 4.69) is 0 Å². The molecule has 0 spiro atoms. The monoisotopic (exact) mass is 1030 g/mol. The molecule has 0 aliphatic heterocycles. The molecule has 0 bridgehead atoms. The maximum absolute atomic E-state index is 14.7. The number of alkyl halides is 15. The summed E-state index contributed by atoms with van der Waals surface area (Å²) in [5, 5.41) is 22.8. The van der Waals surface area contributed by atoms with E-state index < -0.39 is 75.4 Å². The first-order valence-corrected chi connectivity index (χ1v) is 21.6. The minimum atomic E-state index is -5.30. The first kappa shape index (κ1) is 48.9. The maximum atomic E-state index is 14.7. The molecule has 0 saturated heterocycles. The molecule has 0 aliphatic carbocycles. The van der Waals surface area contributed by atoms with Gasteiger partial charge in [0.15, 0.2) is 0 Å². The highest BCUT2D eigenvalue weighted by Gasteiger charge is 2.40. The van der Waals surface area contributed by atoms with Crippen molar-refractivity contribution in [1.29, 1.82) is 10.5 Å². The quantitative estimate of drug-likeness (QED) is 0.161. The average molecular weight is 1030 g/mol. The Morgan fingerprint density at radius 2 is 0.676 bits per heavy atom. The normalized spacial score (nSPS) is 12.8. The lowest BCUT2D eigenvalue weighted by Gasteiger charge is -2.21. The molecule has 0 aliphatic rings. The minimum Gasteiger partial charge on any atom is -0.307 e. The largest absolute Gasteiger partial charge is 0.417 e. The summed E-state index contributed by atoms with van der Waals surface area (Å²) in [4.78, 5) is 0. The standard InChI is InChI=1S/C55H25F15N4/c56-51(57,58)32-11-16-35(30(19-32)26-71)42-25-50(74-46-8-4-2-6-39(46)41-15-10-29(21-48(41)74)37-18-13-34(53(62,63)64)24-44(37)55(68,69)70)49(22-31(42)27-72)73-45-7-3-1-5-38(45)40-14-9-28(20-47(40)73)36-17-12-33(52(59,60)61)23-43(36)54(65,66)67/h1-25H. The van der Waals surface area contributed by atoms with Crippen LogP contribution >= 0.6 is 0 Å². The van der Waals surface area contributed by atoms with Crippen LogP contribution in [0.5, 0.6) is 0 Å². The molecule has 0 saturated carbocycles. The van der Waals surface area contributed by atoms with Gasteiger partial charge < -0.3 is 9.13 Å². The Labute approximate surface area is 406 Å². The van der Waals surface area contributed by atoms with Crippen molar-refractivity contribution in [1.82, 2.24) is 9.13 Å². The highest BCUT2D eigenvalue weighted by molar-refractivity contribution is 6.13. The first-order valence-electron chi connectivity index (χ1n) is 21.6. The Morgan fingerprint density at radius 1 is 0.311 bits per heavy atom. The van der Waals surface area contributed by atoms with Crippen LogP contribution in [0.2, 0.25) is 0 Å². The molecule has 0 atom stereocenters. The molecule has 10 rings (SSSR count). The number of hydrogen-bond donors (Lipinski definition) is 0. The second-order valence-corrected chi connectivity index (χ2v) is 17.0. The van der Waals surface area contributed by atoms with Crippen LogP contribution in [0, 0.1) is 22.7 Å². The van der Waals surface area contributed by atoms with Crippen LogP contribution in [0.15, 0.2) is 152 Å². The summed E-state index contributed by atoms with van der Waals surface area (Å²) in [5.41, 5.74) is -9.48. The van der Waals surface area contributed by atoms with Crippen LogP contribution in [0.3, 0.4) is 0 Å². The molecular weight excluding hydrogens is 1000 g/mol. The Bertz CT molecular complexity index is 4040. The molecule has 4 nitrogen and oxygen atoms in total. The second-order valence-electron chi connectivity index (χ2n) is 17.0. The second kappa shape index (κ2) is 16.9. The smallest absolute Gasteiger partial charge is 0.307 e. The van der Waals surface area contributed by atoms with Crippen molar-refractivity contribution < 1.29 is 65.9 Å². The molecule has 19 heteroatoms. The van der Waals surface area contributed by atoms with E-state index in [1.54, 1.807) is 54.6 Å². The van der Waals surface area contributed by atoms with E-state index in [-0.39, 0.29) is 62.4 Å². The summed E-state index contributed by atoms with van der Waals surface area (Å²) in [6.07, 6.45) is -25.8. The van der Waals surface area contributed by atoms with Gasteiger partial charge in [0, 0.05) is 32.7 Å². The molecule has 10 aromatic rings. The number of rotatable bonds is 5. The van der Waals surface area contributed by atoms with Gasteiger partial charge in [-0.3, -0.25) is 0 Å². The van der Waals surface area contributed by atoms with Gasteiger partial charge in [0.05, 0.1) is 84.5 Å². The molecule has 2 heterocycles. The summed E-state index contributed by atoms with van der Waals surface area (Å²) < 4.78 is 216. The highest BCUT2D eigenvalue weighted by Crippen LogP contribution is 2.47. The number of nitrogens with zero attached hydrogens (tertiary/aromatic N) is 4. The highest BCUT2D eigenvalue weighted by atomic mass is 19.4. The van der Waals surface area contributed by atoms with Gasteiger partial charge in [0.2, 0.25) is 0 Å². The molecule has 8 aromatic carbocycles. The summed E-state index contributed by atoms with van der Waals surface area (Å²) in [7, 11) is 0. The summed E-state index contributed by atoms with van der Waals surface area (Å²) in [6.45, 7) is 0. The van der Waals surface area contributed by atoms with Crippen LogP contribution in [0.25, 0.3) is 88.4 Å². The number of nitriles is 2. The summed E-state index contributed by atoms with van der Waals surface area (Å²) >= 11 is 0. The van der Waals surface area contributed by atoms with E-state index in [1.165, 1.54) is 57.7 Å². The fourth-order valence-electron chi connectivity index (χ4n) is 9.51. The van der Waals surface area contributed by atoms with E-state index in [9.17, 15) is 76.4 Å². The lowest BCUT2D eigenvalue weighted by atomic mass is 9.93. The van der Waals surface area contributed by atoms with Crippen LogP contribution in [-0.4, -0.2) is 9.13 Å². The van der Waals surface area contributed by atoms with Gasteiger partial charge in [0.1, 0.15) is 0 Å². The van der Waals surface area contributed by atoms with Crippen molar-refractivity contribution in [3.63, 3.8) is 0 Å². The zero-order chi connectivity index (χ0) is 53.0. The molecule has 0 fully saturated rings.